The highest BCUT2D eigenvalue weighted by Crippen LogP contribution is 2.35. The second-order valence-corrected chi connectivity index (χ2v) is 4.97. The van der Waals surface area contributed by atoms with Crippen LogP contribution >= 0.6 is 23.2 Å². The molecule has 0 spiro atoms. The van der Waals surface area contributed by atoms with Crippen LogP contribution in [0, 0.1) is 0 Å². The minimum atomic E-state index is -0.0466. The van der Waals surface area contributed by atoms with Crippen molar-refractivity contribution in [3.63, 3.8) is 0 Å². The molecule has 18 heavy (non-hydrogen) atoms. The van der Waals surface area contributed by atoms with Crippen LogP contribution in [0.25, 0.3) is 0 Å². The zero-order valence-corrected chi connectivity index (χ0v) is 11.0. The first-order valence-electron chi connectivity index (χ1n) is 5.68. The zero-order chi connectivity index (χ0) is 12.5. The van der Waals surface area contributed by atoms with E-state index >= 15 is 0 Å². The molecular weight excluding hydrogens is 269 g/mol. The fourth-order valence-electron chi connectivity index (χ4n) is 2.01. The molecule has 2 aromatic carbocycles. The van der Waals surface area contributed by atoms with Crippen LogP contribution in [-0.4, -0.2) is 6.54 Å². The van der Waals surface area contributed by atoms with E-state index in [0.717, 1.165) is 23.5 Å². The summed E-state index contributed by atoms with van der Waals surface area (Å²) in [5.41, 5.74) is 2.04. The van der Waals surface area contributed by atoms with Crippen LogP contribution in [0.1, 0.15) is 11.7 Å². The van der Waals surface area contributed by atoms with E-state index in [0.29, 0.717) is 10.0 Å². The summed E-state index contributed by atoms with van der Waals surface area (Å²) in [6.07, 6.45) is -0.0466. The Kier molecular flexibility index (Phi) is 3.06. The second kappa shape index (κ2) is 4.71. The van der Waals surface area contributed by atoms with Crippen molar-refractivity contribution in [2.75, 3.05) is 11.9 Å². The van der Waals surface area contributed by atoms with Gasteiger partial charge < -0.3 is 10.1 Å². The summed E-state index contributed by atoms with van der Waals surface area (Å²) in [7, 11) is 0. The zero-order valence-electron chi connectivity index (χ0n) is 9.49. The number of hydrogen-bond donors (Lipinski definition) is 1. The molecule has 4 heteroatoms. The van der Waals surface area contributed by atoms with Crippen LogP contribution in [0.3, 0.4) is 0 Å². The first kappa shape index (κ1) is 11.7. The number of nitrogens with one attached hydrogen (secondary N) is 1. The summed E-state index contributed by atoms with van der Waals surface area (Å²) in [5, 5.41) is 4.46. The quantitative estimate of drug-likeness (QED) is 0.828. The van der Waals surface area contributed by atoms with Gasteiger partial charge in [0.1, 0.15) is 11.9 Å². The van der Waals surface area contributed by atoms with E-state index in [2.05, 4.69) is 5.32 Å². The maximum atomic E-state index is 6.03. The Labute approximate surface area is 115 Å². The van der Waals surface area contributed by atoms with Crippen LogP contribution in [-0.2, 0) is 0 Å². The lowest BCUT2D eigenvalue weighted by molar-refractivity contribution is 0.210. The topological polar surface area (TPSA) is 21.3 Å². The Morgan fingerprint density at radius 3 is 2.72 bits per heavy atom. The maximum absolute atomic E-state index is 6.03. The van der Waals surface area contributed by atoms with Gasteiger partial charge in [0.15, 0.2) is 0 Å². The molecule has 3 rings (SSSR count). The van der Waals surface area contributed by atoms with Crippen LogP contribution in [0.2, 0.25) is 10.0 Å². The smallest absolute Gasteiger partial charge is 0.143 e. The third-order valence-corrected chi connectivity index (χ3v) is 3.69. The molecule has 0 aromatic heterocycles. The number of rotatable bonds is 1. The summed E-state index contributed by atoms with van der Waals surface area (Å²) < 4.78 is 5.95. The van der Waals surface area contributed by atoms with Crippen molar-refractivity contribution < 1.29 is 4.74 Å². The Balaban J connectivity index is 1.89. The molecule has 0 radical (unpaired) electrons. The number of ether oxygens (including phenoxy) is 1. The first-order chi connectivity index (χ1) is 8.74. The molecule has 1 heterocycles. The van der Waals surface area contributed by atoms with Crippen molar-refractivity contribution >= 4 is 28.9 Å². The Morgan fingerprint density at radius 1 is 1.06 bits per heavy atom. The third kappa shape index (κ3) is 2.14. The normalized spacial score (nSPS) is 17.6. The molecule has 0 fully saturated rings. The molecule has 1 unspecified atom stereocenters. The Bertz CT molecular complexity index is 586. The highest BCUT2D eigenvalue weighted by molar-refractivity contribution is 6.42. The highest BCUT2D eigenvalue weighted by Gasteiger charge is 2.20. The number of para-hydroxylation sites is 2. The third-order valence-electron chi connectivity index (χ3n) is 2.95. The van der Waals surface area contributed by atoms with Gasteiger partial charge in [0.2, 0.25) is 0 Å². The Hall–Kier alpha value is -1.38. The number of benzene rings is 2. The average Bonchev–Trinajstić information content (AvgIpc) is 2.41. The standard InChI is InChI=1S/C14H11Cl2NO/c15-10-6-5-9(7-11(10)16)14-8-17-12-3-1-2-4-13(12)18-14/h1-7,14,17H,8H2. The monoisotopic (exact) mass is 279 g/mol. The van der Waals surface area contributed by atoms with Gasteiger partial charge in [-0.05, 0) is 29.8 Å². The summed E-state index contributed by atoms with van der Waals surface area (Å²) >= 11 is 11.9. The van der Waals surface area contributed by atoms with Gasteiger partial charge in [0.25, 0.3) is 0 Å². The van der Waals surface area contributed by atoms with E-state index in [1.165, 1.54) is 0 Å². The van der Waals surface area contributed by atoms with E-state index in [-0.39, 0.29) is 6.10 Å². The molecule has 1 aliphatic heterocycles. The molecular formula is C14H11Cl2NO. The fraction of sp³-hybridized carbons (Fsp3) is 0.143. The van der Waals surface area contributed by atoms with E-state index in [9.17, 15) is 0 Å². The predicted molar refractivity (Wildman–Crippen MR) is 74.8 cm³/mol. The molecule has 1 N–H and O–H groups in total. The van der Waals surface area contributed by atoms with Gasteiger partial charge in [-0.3, -0.25) is 0 Å². The van der Waals surface area contributed by atoms with Crippen molar-refractivity contribution in [1.29, 1.82) is 0 Å². The van der Waals surface area contributed by atoms with Gasteiger partial charge in [-0.15, -0.1) is 0 Å². The van der Waals surface area contributed by atoms with E-state index in [1.807, 2.05) is 36.4 Å². The molecule has 0 amide bonds. The Morgan fingerprint density at radius 2 is 1.89 bits per heavy atom. The van der Waals surface area contributed by atoms with Gasteiger partial charge in [-0.1, -0.05) is 41.4 Å². The molecule has 0 saturated carbocycles. The van der Waals surface area contributed by atoms with Crippen molar-refractivity contribution in [1.82, 2.24) is 0 Å². The maximum Gasteiger partial charge on any atom is 0.143 e. The summed E-state index contributed by atoms with van der Waals surface area (Å²) in [6.45, 7) is 0.717. The van der Waals surface area contributed by atoms with E-state index < -0.39 is 0 Å². The fourth-order valence-corrected chi connectivity index (χ4v) is 2.32. The number of hydrogen-bond acceptors (Lipinski definition) is 2. The van der Waals surface area contributed by atoms with Gasteiger partial charge in [-0.25, -0.2) is 0 Å². The second-order valence-electron chi connectivity index (χ2n) is 4.16. The lowest BCUT2D eigenvalue weighted by Gasteiger charge is -2.27. The largest absolute Gasteiger partial charge is 0.482 e. The summed E-state index contributed by atoms with van der Waals surface area (Å²) in [4.78, 5) is 0. The van der Waals surface area contributed by atoms with E-state index in [4.69, 9.17) is 27.9 Å². The van der Waals surface area contributed by atoms with Crippen molar-refractivity contribution in [3.8, 4) is 5.75 Å². The summed E-state index contributed by atoms with van der Waals surface area (Å²) in [6, 6.07) is 13.5. The van der Waals surface area contributed by atoms with Gasteiger partial charge in [-0.2, -0.15) is 0 Å². The lowest BCUT2D eigenvalue weighted by atomic mass is 10.1. The van der Waals surface area contributed by atoms with Crippen molar-refractivity contribution in [2.45, 2.75) is 6.10 Å². The number of fused-ring (bicyclic) bond motifs is 1. The SMILES string of the molecule is Clc1ccc(C2CNc3ccccc3O2)cc1Cl. The van der Waals surface area contributed by atoms with Gasteiger partial charge >= 0.3 is 0 Å². The molecule has 1 aliphatic rings. The van der Waals surface area contributed by atoms with Crippen LogP contribution in [0.15, 0.2) is 42.5 Å². The minimum absolute atomic E-state index is 0.0466. The molecule has 0 aliphatic carbocycles. The molecule has 0 saturated heterocycles. The van der Waals surface area contributed by atoms with Gasteiger partial charge in [0, 0.05) is 0 Å². The predicted octanol–water partition coefficient (Wildman–Crippen LogP) is 4.54. The molecule has 0 bridgehead atoms. The average molecular weight is 280 g/mol. The molecule has 92 valence electrons. The number of halogens is 2. The van der Waals surface area contributed by atoms with Crippen LogP contribution in [0.4, 0.5) is 5.69 Å². The first-order valence-corrected chi connectivity index (χ1v) is 6.44. The van der Waals surface area contributed by atoms with Crippen LogP contribution < -0.4 is 10.1 Å². The highest BCUT2D eigenvalue weighted by atomic mass is 35.5. The summed E-state index contributed by atoms with van der Waals surface area (Å²) in [5.74, 6) is 0.861. The minimum Gasteiger partial charge on any atom is -0.482 e. The molecule has 2 nitrogen and oxygen atoms in total. The lowest BCUT2D eigenvalue weighted by Crippen LogP contribution is -2.23. The van der Waals surface area contributed by atoms with Gasteiger partial charge in [0.05, 0.1) is 22.3 Å². The molecule has 2 aromatic rings. The molecule has 1 atom stereocenters. The van der Waals surface area contributed by atoms with Crippen molar-refractivity contribution in [2.24, 2.45) is 0 Å². The van der Waals surface area contributed by atoms with E-state index in [1.54, 1.807) is 6.07 Å². The van der Waals surface area contributed by atoms with Crippen molar-refractivity contribution in [3.05, 3.63) is 58.1 Å². The van der Waals surface area contributed by atoms with Crippen LogP contribution in [0.5, 0.6) is 5.75 Å². The number of anilines is 1.